The zero-order valence-electron chi connectivity index (χ0n) is 18.3. The Bertz CT molecular complexity index is 1110. The summed E-state index contributed by atoms with van der Waals surface area (Å²) in [5.74, 6) is 0.486. The highest BCUT2D eigenvalue weighted by molar-refractivity contribution is 6.36. The molecule has 0 radical (unpaired) electrons. The van der Waals surface area contributed by atoms with Crippen molar-refractivity contribution < 1.29 is 9.53 Å². The molecule has 9 heteroatoms. The number of anilines is 1. The summed E-state index contributed by atoms with van der Waals surface area (Å²) in [5.41, 5.74) is 8.84. The lowest BCUT2D eigenvalue weighted by molar-refractivity contribution is 0.0664. The molecule has 2 heterocycles. The lowest BCUT2D eigenvalue weighted by atomic mass is 10.1. The van der Waals surface area contributed by atoms with E-state index in [1.54, 1.807) is 24.4 Å². The second-order valence-electron chi connectivity index (χ2n) is 7.92. The first-order valence-corrected chi connectivity index (χ1v) is 11.4. The number of hydrogen-bond donors (Lipinski definition) is 1. The van der Waals surface area contributed by atoms with E-state index in [0.29, 0.717) is 34.3 Å². The highest BCUT2D eigenvalue weighted by Gasteiger charge is 2.20. The number of nitrogens with zero attached hydrogens (tertiary/aromatic N) is 4. The van der Waals surface area contributed by atoms with E-state index >= 15 is 0 Å². The van der Waals surface area contributed by atoms with Crippen molar-refractivity contribution in [2.24, 2.45) is 0 Å². The molecule has 2 aromatic carbocycles. The molecule has 3 aromatic rings. The van der Waals surface area contributed by atoms with Crippen LogP contribution in [0.3, 0.4) is 0 Å². The van der Waals surface area contributed by atoms with Crippen molar-refractivity contribution in [1.82, 2.24) is 19.8 Å². The quantitative estimate of drug-likeness (QED) is 0.566. The number of nitrogens with two attached hydrogens (primary N) is 1. The van der Waals surface area contributed by atoms with E-state index in [9.17, 15) is 4.79 Å². The fourth-order valence-corrected chi connectivity index (χ4v) is 4.21. The van der Waals surface area contributed by atoms with Crippen LogP contribution in [0.5, 0.6) is 5.88 Å². The number of carbonyl (C=O) groups excluding carboxylic acids is 1. The Labute approximate surface area is 203 Å². The number of piperazine rings is 1. The van der Waals surface area contributed by atoms with Crippen molar-refractivity contribution in [2.75, 3.05) is 45.6 Å². The van der Waals surface area contributed by atoms with Gasteiger partial charge in [-0.2, -0.15) is 0 Å². The Morgan fingerprint density at radius 3 is 2.39 bits per heavy atom. The van der Waals surface area contributed by atoms with Gasteiger partial charge in [0.05, 0.1) is 18.5 Å². The fraction of sp³-hybridized carbons (Fsp3) is 0.292. The zero-order chi connectivity index (χ0) is 23.4. The zero-order valence-corrected chi connectivity index (χ0v) is 19.8. The molecule has 2 N–H and O–H groups in total. The first kappa shape index (κ1) is 23.3. The first-order chi connectivity index (χ1) is 15.9. The van der Waals surface area contributed by atoms with Crippen molar-refractivity contribution in [2.45, 2.75) is 6.42 Å². The molecule has 0 saturated carbocycles. The highest BCUT2D eigenvalue weighted by atomic mass is 35.5. The van der Waals surface area contributed by atoms with Crippen LogP contribution in [0.2, 0.25) is 10.0 Å². The molecule has 0 aliphatic carbocycles. The van der Waals surface area contributed by atoms with Crippen LogP contribution in [0, 0.1) is 0 Å². The Morgan fingerprint density at radius 1 is 1.06 bits per heavy atom. The number of benzene rings is 2. The highest BCUT2D eigenvalue weighted by Crippen LogP contribution is 2.26. The second kappa shape index (κ2) is 10.4. The molecule has 4 rings (SSSR count). The van der Waals surface area contributed by atoms with Gasteiger partial charge in [-0.25, -0.2) is 9.97 Å². The second-order valence-corrected chi connectivity index (χ2v) is 8.73. The van der Waals surface area contributed by atoms with Crippen LogP contribution in [-0.4, -0.2) is 65.5 Å². The normalized spacial score (nSPS) is 14.3. The van der Waals surface area contributed by atoms with Gasteiger partial charge in [0.1, 0.15) is 0 Å². The van der Waals surface area contributed by atoms with Gasteiger partial charge in [-0.15, -0.1) is 0 Å². The van der Waals surface area contributed by atoms with Gasteiger partial charge in [0.15, 0.2) is 5.82 Å². The summed E-state index contributed by atoms with van der Waals surface area (Å²) in [6, 6.07) is 12.7. The third kappa shape index (κ3) is 5.55. The van der Waals surface area contributed by atoms with E-state index < -0.39 is 0 Å². The first-order valence-electron chi connectivity index (χ1n) is 10.7. The molecule has 1 aliphatic heterocycles. The maximum absolute atomic E-state index is 12.8. The number of amides is 1. The standard InChI is InChI=1S/C24H25Cl2N5O2/c1-30-10-12-31(13-11-30)24(32)17-7-5-16(6-8-17)21-15-28-22(27)23(29-21)33-14-9-18-19(25)3-2-4-20(18)26/h2-8,15H,9-14H2,1H3,(H2,27,28). The number of aromatic nitrogens is 2. The molecule has 0 spiro atoms. The van der Waals surface area contributed by atoms with Crippen molar-refractivity contribution >= 4 is 34.9 Å². The Balaban J connectivity index is 1.43. The van der Waals surface area contributed by atoms with Gasteiger partial charge in [0.25, 0.3) is 11.8 Å². The number of ether oxygens (including phenoxy) is 1. The summed E-state index contributed by atoms with van der Waals surface area (Å²) in [6.45, 7) is 3.54. The van der Waals surface area contributed by atoms with Crippen molar-refractivity contribution in [3.8, 4) is 17.1 Å². The van der Waals surface area contributed by atoms with Gasteiger partial charge in [0, 0.05) is 53.8 Å². The minimum absolute atomic E-state index is 0.0419. The van der Waals surface area contributed by atoms with Crippen LogP contribution in [0.15, 0.2) is 48.7 Å². The number of hydrogen-bond acceptors (Lipinski definition) is 6. The lowest BCUT2D eigenvalue weighted by Gasteiger charge is -2.32. The summed E-state index contributed by atoms with van der Waals surface area (Å²) in [7, 11) is 2.06. The van der Waals surface area contributed by atoms with Gasteiger partial charge in [-0.05, 0) is 36.9 Å². The Hall–Kier alpha value is -2.87. The number of nitrogen functional groups attached to an aromatic ring is 1. The van der Waals surface area contributed by atoms with E-state index in [4.69, 9.17) is 33.7 Å². The molecule has 1 aromatic heterocycles. The van der Waals surface area contributed by atoms with Crippen LogP contribution in [0.4, 0.5) is 5.82 Å². The predicted molar refractivity (Wildman–Crippen MR) is 131 cm³/mol. The molecule has 7 nitrogen and oxygen atoms in total. The smallest absolute Gasteiger partial charge is 0.257 e. The fourth-order valence-electron chi connectivity index (χ4n) is 3.62. The van der Waals surface area contributed by atoms with Crippen LogP contribution < -0.4 is 10.5 Å². The number of halogens is 2. The molecular formula is C24H25Cl2N5O2. The van der Waals surface area contributed by atoms with Crippen molar-refractivity contribution in [1.29, 1.82) is 0 Å². The Kier molecular flexibility index (Phi) is 7.33. The van der Waals surface area contributed by atoms with Gasteiger partial charge in [-0.3, -0.25) is 4.79 Å². The summed E-state index contributed by atoms with van der Waals surface area (Å²) in [5, 5.41) is 1.18. The lowest BCUT2D eigenvalue weighted by Crippen LogP contribution is -2.47. The van der Waals surface area contributed by atoms with E-state index in [2.05, 4.69) is 21.9 Å². The van der Waals surface area contributed by atoms with Crippen molar-refractivity contribution in [3.05, 3.63) is 69.8 Å². The monoisotopic (exact) mass is 485 g/mol. The average Bonchev–Trinajstić information content (AvgIpc) is 2.82. The van der Waals surface area contributed by atoms with Gasteiger partial charge < -0.3 is 20.3 Å². The molecule has 0 bridgehead atoms. The van der Waals surface area contributed by atoms with Crippen LogP contribution in [-0.2, 0) is 6.42 Å². The molecular weight excluding hydrogens is 461 g/mol. The van der Waals surface area contributed by atoms with Crippen molar-refractivity contribution in [3.63, 3.8) is 0 Å². The molecule has 1 saturated heterocycles. The molecule has 1 aliphatic rings. The van der Waals surface area contributed by atoms with E-state index in [1.165, 1.54) is 0 Å². The summed E-state index contributed by atoms with van der Waals surface area (Å²) in [4.78, 5) is 25.6. The average molecular weight is 486 g/mol. The SMILES string of the molecule is CN1CCN(C(=O)c2ccc(-c3cnc(N)c(OCCc4c(Cl)cccc4Cl)n3)cc2)CC1. The molecule has 172 valence electrons. The van der Waals surface area contributed by atoms with E-state index in [1.807, 2.05) is 29.2 Å². The third-order valence-corrected chi connectivity index (χ3v) is 6.35. The molecule has 33 heavy (non-hydrogen) atoms. The molecule has 1 fully saturated rings. The summed E-state index contributed by atoms with van der Waals surface area (Å²) < 4.78 is 5.78. The summed E-state index contributed by atoms with van der Waals surface area (Å²) >= 11 is 12.4. The van der Waals surface area contributed by atoms with Crippen LogP contribution in [0.1, 0.15) is 15.9 Å². The van der Waals surface area contributed by atoms with Gasteiger partial charge in [0.2, 0.25) is 0 Å². The van der Waals surface area contributed by atoms with Crippen LogP contribution >= 0.6 is 23.2 Å². The van der Waals surface area contributed by atoms with E-state index in [-0.39, 0.29) is 17.6 Å². The molecule has 0 unspecified atom stereocenters. The minimum Gasteiger partial charge on any atom is -0.475 e. The number of carbonyl (C=O) groups is 1. The molecule has 1 amide bonds. The number of rotatable bonds is 6. The van der Waals surface area contributed by atoms with Crippen LogP contribution in [0.25, 0.3) is 11.3 Å². The van der Waals surface area contributed by atoms with Gasteiger partial charge in [-0.1, -0.05) is 41.4 Å². The minimum atomic E-state index is 0.0419. The van der Waals surface area contributed by atoms with Gasteiger partial charge >= 0.3 is 0 Å². The summed E-state index contributed by atoms with van der Waals surface area (Å²) in [6.07, 6.45) is 2.09. The largest absolute Gasteiger partial charge is 0.475 e. The number of likely N-dealkylation sites (N-methyl/N-ethyl adjacent to an activating group) is 1. The maximum atomic E-state index is 12.8. The topological polar surface area (TPSA) is 84.6 Å². The van der Waals surface area contributed by atoms with E-state index in [0.717, 1.165) is 37.3 Å². The maximum Gasteiger partial charge on any atom is 0.257 e. The molecule has 0 atom stereocenters. The third-order valence-electron chi connectivity index (χ3n) is 5.64. The Morgan fingerprint density at radius 2 is 1.73 bits per heavy atom. The predicted octanol–water partition coefficient (Wildman–Crippen LogP) is 4.04.